The van der Waals surface area contributed by atoms with Crippen LogP contribution >= 0.6 is 28.6 Å². The van der Waals surface area contributed by atoms with Gasteiger partial charge in [0, 0.05) is 16.4 Å². The average molecular weight is 340 g/mol. The van der Waals surface area contributed by atoms with Gasteiger partial charge in [-0.2, -0.15) is 0 Å². The molecule has 3 nitrogen and oxygen atoms in total. The molecule has 19 heavy (non-hydrogen) atoms. The van der Waals surface area contributed by atoms with E-state index in [1.165, 1.54) is 0 Å². The van der Waals surface area contributed by atoms with Gasteiger partial charge in [-0.1, -0.05) is 15.9 Å². The Hall–Kier alpha value is -1.20. The van der Waals surface area contributed by atoms with Crippen LogP contribution in [0.15, 0.2) is 44.1 Å². The van der Waals surface area contributed by atoms with Crippen LogP contribution in [-0.2, 0) is 6.54 Å². The van der Waals surface area contributed by atoms with Gasteiger partial charge in [-0.15, -0.1) is 12.6 Å². The summed E-state index contributed by atoms with van der Waals surface area (Å²) in [5, 5.41) is 0. The summed E-state index contributed by atoms with van der Waals surface area (Å²) in [5.41, 5.74) is 0.581. The van der Waals surface area contributed by atoms with E-state index in [0.29, 0.717) is 17.0 Å². The van der Waals surface area contributed by atoms with E-state index in [9.17, 15) is 4.79 Å². The van der Waals surface area contributed by atoms with Gasteiger partial charge in [0.1, 0.15) is 11.5 Å². The standard InChI is InChI=1S/C14H14BrNO2S/c1-9-3-5-11(18-9)8-16(2)14(17)12-6-4-10(15)7-13(12)19/h3-7,19H,8H2,1-2H3. The van der Waals surface area contributed by atoms with Crippen LogP contribution in [0.4, 0.5) is 0 Å². The summed E-state index contributed by atoms with van der Waals surface area (Å²) < 4.78 is 6.37. The van der Waals surface area contributed by atoms with Crippen LogP contribution in [0.2, 0.25) is 0 Å². The highest BCUT2D eigenvalue weighted by molar-refractivity contribution is 9.10. The number of carbonyl (C=O) groups is 1. The first-order valence-electron chi connectivity index (χ1n) is 5.76. The Morgan fingerprint density at radius 2 is 2.11 bits per heavy atom. The molecule has 1 aromatic heterocycles. The fourth-order valence-electron chi connectivity index (χ4n) is 1.77. The number of hydrogen-bond acceptors (Lipinski definition) is 3. The third kappa shape index (κ3) is 3.42. The molecule has 2 aromatic rings. The van der Waals surface area contributed by atoms with Crippen LogP contribution in [0.25, 0.3) is 0 Å². The zero-order chi connectivity index (χ0) is 14.0. The Morgan fingerprint density at radius 1 is 1.37 bits per heavy atom. The average Bonchev–Trinajstić information content (AvgIpc) is 2.74. The van der Waals surface area contributed by atoms with Crippen molar-refractivity contribution >= 4 is 34.5 Å². The van der Waals surface area contributed by atoms with Crippen LogP contribution in [0.3, 0.4) is 0 Å². The van der Waals surface area contributed by atoms with Crippen molar-refractivity contribution in [2.75, 3.05) is 7.05 Å². The van der Waals surface area contributed by atoms with E-state index < -0.39 is 0 Å². The van der Waals surface area contributed by atoms with E-state index in [1.807, 2.05) is 25.1 Å². The molecule has 0 spiro atoms. The first-order valence-corrected chi connectivity index (χ1v) is 7.00. The minimum atomic E-state index is -0.0773. The number of furan rings is 1. The molecule has 0 unspecified atom stereocenters. The summed E-state index contributed by atoms with van der Waals surface area (Å²) in [6.45, 7) is 2.32. The first kappa shape index (κ1) is 14.2. The van der Waals surface area contributed by atoms with Gasteiger partial charge in [0.05, 0.1) is 12.1 Å². The lowest BCUT2D eigenvalue weighted by molar-refractivity contribution is 0.0771. The molecule has 0 bridgehead atoms. The fraction of sp³-hybridized carbons (Fsp3) is 0.214. The monoisotopic (exact) mass is 339 g/mol. The molecular weight excluding hydrogens is 326 g/mol. The van der Waals surface area contributed by atoms with Crippen molar-refractivity contribution in [3.63, 3.8) is 0 Å². The number of rotatable bonds is 3. The van der Waals surface area contributed by atoms with Crippen molar-refractivity contribution in [2.45, 2.75) is 18.4 Å². The maximum atomic E-state index is 12.3. The lowest BCUT2D eigenvalue weighted by Crippen LogP contribution is -2.26. The maximum Gasteiger partial charge on any atom is 0.255 e. The summed E-state index contributed by atoms with van der Waals surface area (Å²) in [4.78, 5) is 14.6. The second kappa shape index (κ2) is 5.84. The number of nitrogens with zero attached hydrogens (tertiary/aromatic N) is 1. The number of halogens is 1. The number of aryl methyl sites for hydroxylation is 1. The van der Waals surface area contributed by atoms with Gasteiger partial charge in [-0.3, -0.25) is 4.79 Å². The smallest absolute Gasteiger partial charge is 0.255 e. The van der Waals surface area contributed by atoms with Crippen LogP contribution < -0.4 is 0 Å². The molecule has 100 valence electrons. The first-order chi connectivity index (χ1) is 8.97. The van der Waals surface area contributed by atoms with E-state index >= 15 is 0 Å². The molecule has 0 aliphatic rings. The summed E-state index contributed by atoms with van der Waals surface area (Å²) >= 11 is 7.68. The van der Waals surface area contributed by atoms with E-state index in [4.69, 9.17) is 4.42 Å². The number of thiol groups is 1. The second-order valence-corrected chi connectivity index (χ2v) is 5.73. The molecule has 0 N–H and O–H groups in total. The van der Waals surface area contributed by atoms with E-state index in [2.05, 4.69) is 28.6 Å². The Balaban J connectivity index is 2.14. The minimum Gasteiger partial charge on any atom is -0.464 e. The van der Waals surface area contributed by atoms with Gasteiger partial charge in [-0.25, -0.2) is 0 Å². The number of carbonyl (C=O) groups excluding carboxylic acids is 1. The molecule has 1 aromatic carbocycles. The van der Waals surface area contributed by atoms with Crippen molar-refractivity contribution in [1.82, 2.24) is 4.90 Å². The van der Waals surface area contributed by atoms with Gasteiger partial charge in [0.25, 0.3) is 5.91 Å². The highest BCUT2D eigenvalue weighted by Gasteiger charge is 2.16. The van der Waals surface area contributed by atoms with E-state index in [0.717, 1.165) is 16.0 Å². The summed E-state index contributed by atoms with van der Waals surface area (Å²) in [7, 11) is 1.75. The summed E-state index contributed by atoms with van der Waals surface area (Å²) in [6.07, 6.45) is 0. The molecule has 0 atom stereocenters. The van der Waals surface area contributed by atoms with Gasteiger partial charge in [0.2, 0.25) is 0 Å². The van der Waals surface area contributed by atoms with E-state index in [-0.39, 0.29) is 5.91 Å². The number of amides is 1. The molecule has 1 amide bonds. The maximum absolute atomic E-state index is 12.3. The van der Waals surface area contributed by atoms with Crippen molar-refractivity contribution in [2.24, 2.45) is 0 Å². The predicted octanol–water partition coefficient (Wildman–Crippen LogP) is 3.91. The molecule has 0 fully saturated rings. The largest absolute Gasteiger partial charge is 0.464 e. The highest BCUT2D eigenvalue weighted by atomic mass is 79.9. The van der Waals surface area contributed by atoms with Gasteiger partial charge in [-0.05, 0) is 37.3 Å². The third-order valence-electron chi connectivity index (χ3n) is 2.73. The zero-order valence-corrected chi connectivity index (χ0v) is 13.2. The lowest BCUT2D eigenvalue weighted by atomic mass is 10.2. The van der Waals surface area contributed by atoms with E-state index in [1.54, 1.807) is 24.1 Å². The van der Waals surface area contributed by atoms with Crippen molar-refractivity contribution in [3.05, 3.63) is 51.9 Å². The molecule has 5 heteroatoms. The molecule has 2 rings (SSSR count). The van der Waals surface area contributed by atoms with Crippen LogP contribution in [0.1, 0.15) is 21.9 Å². The normalized spacial score (nSPS) is 10.5. The van der Waals surface area contributed by atoms with Crippen LogP contribution in [-0.4, -0.2) is 17.9 Å². The fourth-order valence-corrected chi connectivity index (χ4v) is 2.61. The van der Waals surface area contributed by atoms with Crippen molar-refractivity contribution < 1.29 is 9.21 Å². The topological polar surface area (TPSA) is 33.5 Å². The van der Waals surface area contributed by atoms with Crippen LogP contribution in [0.5, 0.6) is 0 Å². The molecule has 0 aliphatic carbocycles. The zero-order valence-electron chi connectivity index (χ0n) is 10.7. The molecule has 0 saturated heterocycles. The lowest BCUT2D eigenvalue weighted by Gasteiger charge is -2.17. The number of hydrogen-bond donors (Lipinski definition) is 1. The molecule has 0 saturated carbocycles. The summed E-state index contributed by atoms with van der Waals surface area (Å²) in [6, 6.07) is 9.16. The molecular formula is C14H14BrNO2S. The third-order valence-corrected chi connectivity index (χ3v) is 3.59. The Kier molecular flexibility index (Phi) is 4.37. The highest BCUT2D eigenvalue weighted by Crippen LogP contribution is 2.21. The Labute approximate surface area is 126 Å². The van der Waals surface area contributed by atoms with Gasteiger partial charge in [0.15, 0.2) is 0 Å². The number of benzene rings is 1. The van der Waals surface area contributed by atoms with Gasteiger partial charge >= 0.3 is 0 Å². The summed E-state index contributed by atoms with van der Waals surface area (Å²) in [5.74, 6) is 1.53. The SMILES string of the molecule is Cc1ccc(CN(C)C(=O)c2ccc(Br)cc2S)o1. The quantitative estimate of drug-likeness (QED) is 0.860. The van der Waals surface area contributed by atoms with Crippen molar-refractivity contribution in [1.29, 1.82) is 0 Å². The van der Waals surface area contributed by atoms with Crippen LogP contribution in [0, 0.1) is 6.92 Å². The molecule has 0 aliphatic heterocycles. The second-order valence-electron chi connectivity index (χ2n) is 4.34. The molecule has 1 heterocycles. The van der Waals surface area contributed by atoms with Gasteiger partial charge < -0.3 is 9.32 Å². The molecule has 0 radical (unpaired) electrons. The Bertz CT molecular complexity index is 609. The minimum absolute atomic E-state index is 0.0773. The Morgan fingerprint density at radius 3 is 2.68 bits per heavy atom. The van der Waals surface area contributed by atoms with Crippen molar-refractivity contribution in [3.8, 4) is 0 Å². The predicted molar refractivity (Wildman–Crippen MR) is 80.6 cm³/mol.